The Hall–Kier alpha value is -4.13. The van der Waals surface area contributed by atoms with Gasteiger partial charge in [0.25, 0.3) is 0 Å². The molecule has 0 bridgehead atoms. The summed E-state index contributed by atoms with van der Waals surface area (Å²) in [5, 5.41) is 11.7. The van der Waals surface area contributed by atoms with E-state index in [9.17, 15) is 24.0 Å². The summed E-state index contributed by atoms with van der Waals surface area (Å²) in [7, 11) is 0. The van der Waals surface area contributed by atoms with Crippen LogP contribution in [0.25, 0.3) is 0 Å². The van der Waals surface area contributed by atoms with Gasteiger partial charge in [-0.25, -0.2) is 0 Å². The van der Waals surface area contributed by atoms with Crippen LogP contribution in [0.2, 0.25) is 0 Å². The third-order valence-electron chi connectivity index (χ3n) is 9.38. The van der Waals surface area contributed by atoms with Crippen molar-refractivity contribution in [2.75, 3.05) is 39.5 Å². The van der Waals surface area contributed by atoms with Gasteiger partial charge in [0.05, 0.1) is 32.4 Å². The molecule has 0 saturated carbocycles. The summed E-state index contributed by atoms with van der Waals surface area (Å²) in [6.45, 7) is 12.3. The van der Waals surface area contributed by atoms with E-state index in [0.717, 1.165) is 11.1 Å². The molecule has 3 unspecified atom stereocenters. The minimum absolute atomic E-state index is 0.0171. The Morgan fingerprint density at radius 1 is 0.692 bits per heavy atom. The van der Waals surface area contributed by atoms with E-state index in [0.29, 0.717) is 58.6 Å². The van der Waals surface area contributed by atoms with Gasteiger partial charge in [-0.3, -0.25) is 28.9 Å². The van der Waals surface area contributed by atoms with Crippen LogP contribution in [-0.4, -0.2) is 104 Å². The van der Waals surface area contributed by atoms with Crippen molar-refractivity contribution < 1.29 is 33.4 Å². The zero-order valence-corrected chi connectivity index (χ0v) is 31.3. The molecule has 2 saturated heterocycles. The van der Waals surface area contributed by atoms with E-state index in [1.165, 1.54) is 0 Å². The lowest BCUT2D eigenvalue weighted by molar-refractivity contribution is -0.135. The third kappa shape index (κ3) is 13.1. The minimum atomic E-state index is -1.03. The quantitative estimate of drug-likeness (QED) is 0.152. The Morgan fingerprint density at radius 3 is 1.77 bits per heavy atom. The van der Waals surface area contributed by atoms with Crippen molar-refractivity contribution in [1.82, 2.24) is 26.2 Å². The zero-order chi connectivity index (χ0) is 37.7. The number of epoxide rings is 1. The number of hydrogen-bond acceptors (Lipinski definition) is 8. The van der Waals surface area contributed by atoms with Gasteiger partial charge < -0.3 is 30.7 Å². The number of carbonyl (C=O) groups excluding carboxylic acids is 5. The Kier molecular flexibility index (Phi) is 15.3. The first-order valence-corrected chi connectivity index (χ1v) is 18.6. The fourth-order valence-corrected chi connectivity index (χ4v) is 6.33. The Morgan fingerprint density at radius 2 is 1.19 bits per heavy atom. The van der Waals surface area contributed by atoms with Gasteiger partial charge in [0, 0.05) is 19.5 Å². The number of aryl methyl sites for hydroxylation is 1. The second-order valence-electron chi connectivity index (χ2n) is 15.0. The van der Waals surface area contributed by atoms with E-state index in [1.807, 2.05) is 93.3 Å². The number of ether oxygens (including phenoxy) is 2. The van der Waals surface area contributed by atoms with Gasteiger partial charge in [0.15, 0.2) is 5.78 Å². The fourth-order valence-electron chi connectivity index (χ4n) is 6.33. The van der Waals surface area contributed by atoms with Crippen molar-refractivity contribution in [3.63, 3.8) is 0 Å². The maximum absolute atomic E-state index is 14.1. The highest BCUT2D eigenvalue weighted by molar-refractivity contribution is 5.98. The second kappa shape index (κ2) is 19.6. The summed E-state index contributed by atoms with van der Waals surface area (Å²) in [6, 6.07) is 15.3. The molecule has 2 heterocycles. The van der Waals surface area contributed by atoms with Crippen LogP contribution in [0.15, 0.2) is 60.7 Å². The molecule has 2 aromatic rings. The van der Waals surface area contributed by atoms with Crippen LogP contribution in [-0.2, 0) is 46.3 Å². The van der Waals surface area contributed by atoms with Crippen molar-refractivity contribution in [2.45, 2.75) is 96.5 Å². The Bertz CT molecular complexity index is 1480. The van der Waals surface area contributed by atoms with Gasteiger partial charge in [-0.2, -0.15) is 0 Å². The molecule has 4 N–H and O–H groups in total. The molecule has 284 valence electrons. The van der Waals surface area contributed by atoms with Gasteiger partial charge >= 0.3 is 0 Å². The van der Waals surface area contributed by atoms with Gasteiger partial charge in [0.1, 0.15) is 23.7 Å². The maximum atomic E-state index is 14.1. The number of nitrogens with zero attached hydrogens (tertiary/aromatic N) is 1. The maximum Gasteiger partial charge on any atom is 0.243 e. The Balaban J connectivity index is 1.51. The topological polar surface area (TPSA) is 158 Å². The average Bonchev–Trinajstić information content (AvgIpc) is 3.87. The lowest BCUT2D eigenvalue weighted by Gasteiger charge is -2.29. The van der Waals surface area contributed by atoms with Crippen LogP contribution in [0.3, 0.4) is 0 Å². The summed E-state index contributed by atoms with van der Waals surface area (Å²) in [4.78, 5) is 70.5. The molecule has 0 aromatic heterocycles. The molecule has 4 rings (SSSR count). The van der Waals surface area contributed by atoms with E-state index < -0.39 is 47.5 Å². The van der Waals surface area contributed by atoms with E-state index in [-0.39, 0.29) is 36.5 Å². The summed E-state index contributed by atoms with van der Waals surface area (Å²) >= 11 is 0. The number of Topliss-reactive ketones (excluding diaryl/α,β-unsaturated/α-hetero) is 1. The molecule has 52 heavy (non-hydrogen) atoms. The van der Waals surface area contributed by atoms with Gasteiger partial charge in [-0.05, 0) is 55.6 Å². The van der Waals surface area contributed by atoms with E-state index >= 15 is 0 Å². The number of benzene rings is 2. The molecular formula is C40H57N5O7. The standard InChI is InChI=1S/C40H57N5O7/c1-27(2)22-32(36(47)40(5)26-52-40)42-39(50)34(24-30-14-10-7-11-15-30)44-38(49)33(23-28(3)4)43-37(48)31(17-16-29-12-8-6-9-13-29)41-35(46)25-45-18-20-51-21-19-45/h6-15,27-28,31-34H,16-26H2,1-5H3,(H,41,46)(H,42,50)(H,43,48)(H,44,49)/t31?,32-,33?,34?,40+/m0/s1. The van der Waals surface area contributed by atoms with Crippen LogP contribution in [0.1, 0.15) is 65.0 Å². The van der Waals surface area contributed by atoms with E-state index in [4.69, 9.17) is 9.47 Å². The van der Waals surface area contributed by atoms with E-state index in [2.05, 4.69) is 21.3 Å². The van der Waals surface area contributed by atoms with Crippen LogP contribution in [0, 0.1) is 11.8 Å². The third-order valence-corrected chi connectivity index (χ3v) is 9.38. The van der Waals surface area contributed by atoms with E-state index in [1.54, 1.807) is 6.92 Å². The molecule has 0 spiro atoms. The molecule has 2 fully saturated rings. The van der Waals surface area contributed by atoms with Gasteiger partial charge in [-0.1, -0.05) is 88.4 Å². The van der Waals surface area contributed by atoms with Crippen molar-refractivity contribution >= 4 is 29.4 Å². The molecule has 2 aromatic carbocycles. The summed E-state index contributed by atoms with van der Waals surface area (Å²) in [6.07, 6.45) is 1.76. The normalized spacial score (nSPS) is 19.6. The largest absolute Gasteiger partial charge is 0.379 e. The number of ketones is 1. The monoisotopic (exact) mass is 719 g/mol. The minimum Gasteiger partial charge on any atom is -0.379 e. The van der Waals surface area contributed by atoms with Crippen molar-refractivity contribution in [2.24, 2.45) is 11.8 Å². The lowest BCUT2D eigenvalue weighted by Crippen LogP contribution is -2.59. The van der Waals surface area contributed by atoms with Crippen LogP contribution >= 0.6 is 0 Å². The molecular weight excluding hydrogens is 662 g/mol. The first-order valence-electron chi connectivity index (χ1n) is 18.6. The predicted molar refractivity (Wildman–Crippen MR) is 198 cm³/mol. The van der Waals surface area contributed by atoms with Crippen molar-refractivity contribution in [3.05, 3.63) is 71.8 Å². The second-order valence-corrected chi connectivity index (χ2v) is 15.0. The number of rotatable bonds is 20. The number of morpholine rings is 1. The molecule has 4 amide bonds. The highest BCUT2D eigenvalue weighted by atomic mass is 16.6. The highest BCUT2D eigenvalue weighted by Gasteiger charge is 2.50. The highest BCUT2D eigenvalue weighted by Crippen LogP contribution is 2.29. The first kappa shape index (κ1) is 40.6. The number of carbonyl (C=O) groups is 5. The number of nitrogens with one attached hydrogen (secondary N) is 4. The molecule has 0 radical (unpaired) electrons. The number of amides is 4. The summed E-state index contributed by atoms with van der Waals surface area (Å²) in [5.74, 6) is -1.83. The molecule has 5 atom stereocenters. The summed E-state index contributed by atoms with van der Waals surface area (Å²) in [5.41, 5.74) is 0.915. The van der Waals surface area contributed by atoms with Crippen molar-refractivity contribution in [3.8, 4) is 0 Å². The Labute approximate surface area is 308 Å². The van der Waals surface area contributed by atoms with Gasteiger partial charge in [0.2, 0.25) is 23.6 Å². The smallest absolute Gasteiger partial charge is 0.243 e. The summed E-state index contributed by atoms with van der Waals surface area (Å²) < 4.78 is 10.8. The van der Waals surface area contributed by atoms with Crippen LogP contribution < -0.4 is 21.3 Å². The number of hydrogen-bond donors (Lipinski definition) is 4. The molecule has 12 heteroatoms. The van der Waals surface area contributed by atoms with Crippen molar-refractivity contribution in [1.29, 1.82) is 0 Å². The van der Waals surface area contributed by atoms with Gasteiger partial charge in [-0.15, -0.1) is 0 Å². The van der Waals surface area contributed by atoms with Crippen LogP contribution in [0.5, 0.6) is 0 Å². The molecule has 12 nitrogen and oxygen atoms in total. The molecule has 2 aliphatic rings. The molecule has 0 aliphatic carbocycles. The zero-order valence-electron chi connectivity index (χ0n) is 31.3. The SMILES string of the molecule is CC(C)CC(NC(=O)C(CCc1ccccc1)NC(=O)CN1CCOCC1)C(=O)NC(Cc1ccccc1)C(=O)N[C@@H](CC(C)C)C(=O)[C@@]1(C)CO1. The molecule has 2 aliphatic heterocycles. The predicted octanol–water partition coefficient (Wildman–Crippen LogP) is 2.58. The fraction of sp³-hybridized carbons (Fsp3) is 0.575. The van der Waals surface area contributed by atoms with Crippen LogP contribution in [0.4, 0.5) is 0 Å². The average molecular weight is 720 g/mol. The lowest BCUT2D eigenvalue weighted by atomic mass is 9.93. The first-order chi connectivity index (χ1) is 24.8.